The van der Waals surface area contributed by atoms with Crippen molar-refractivity contribution in [2.75, 3.05) is 6.54 Å². The van der Waals surface area contributed by atoms with Gasteiger partial charge in [0.05, 0.1) is 23.4 Å². The third-order valence-corrected chi connectivity index (χ3v) is 7.06. The standard InChI is InChI=1S/C24H20BrFN4O2/c1-13(31)29-6-5-21-19(12-29)23(15-4-2-3-14(7-15)11-27)28-30(21)24-18-8-16(26)9-20(25)17(18)10-22(24)32/h2-4,7-9,22,24,32H,5-6,10,12H2,1H3/t22-,24?/m1/s1. The van der Waals surface area contributed by atoms with E-state index in [1.54, 1.807) is 30.0 Å². The summed E-state index contributed by atoms with van der Waals surface area (Å²) in [5.41, 5.74) is 5.39. The first-order valence-corrected chi connectivity index (χ1v) is 11.2. The van der Waals surface area contributed by atoms with Crippen LogP contribution in [0.15, 0.2) is 40.9 Å². The van der Waals surface area contributed by atoms with Crippen molar-refractivity contribution in [2.45, 2.75) is 38.5 Å². The van der Waals surface area contributed by atoms with Crippen LogP contribution in [0.5, 0.6) is 0 Å². The van der Waals surface area contributed by atoms with E-state index in [1.807, 2.05) is 10.7 Å². The molecule has 2 aromatic carbocycles. The van der Waals surface area contributed by atoms with Crippen LogP contribution >= 0.6 is 15.9 Å². The van der Waals surface area contributed by atoms with Gasteiger partial charge in [-0.15, -0.1) is 0 Å². The van der Waals surface area contributed by atoms with E-state index >= 15 is 0 Å². The van der Waals surface area contributed by atoms with E-state index < -0.39 is 12.1 Å². The molecule has 1 aliphatic carbocycles. The Kier molecular flexibility index (Phi) is 5.11. The van der Waals surface area contributed by atoms with Crippen molar-refractivity contribution >= 4 is 21.8 Å². The van der Waals surface area contributed by atoms with Gasteiger partial charge in [0, 0.05) is 54.1 Å². The predicted molar refractivity (Wildman–Crippen MR) is 119 cm³/mol. The molecule has 8 heteroatoms. The number of hydrogen-bond donors (Lipinski definition) is 1. The summed E-state index contributed by atoms with van der Waals surface area (Å²) in [5, 5.41) is 25.2. The van der Waals surface area contributed by atoms with Gasteiger partial charge in [-0.05, 0) is 35.4 Å². The van der Waals surface area contributed by atoms with Gasteiger partial charge in [0.15, 0.2) is 0 Å². The average molecular weight is 495 g/mol. The molecule has 1 amide bonds. The molecule has 3 aromatic rings. The molecule has 2 heterocycles. The van der Waals surface area contributed by atoms with Crippen molar-refractivity contribution in [2.24, 2.45) is 0 Å². The summed E-state index contributed by atoms with van der Waals surface area (Å²) < 4.78 is 16.7. The lowest BCUT2D eigenvalue weighted by molar-refractivity contribution is -0.129. The number of aliphatic hydroxyl groups is 1. The molecule has 0 spiro atoms. The number of rotatable bonds is 2. The van der Waals surface area contributed by atoms with E-state index in [2.05, 4.69) is 22.0 Å². The van der Waals surface area contributed by atoms with Gasteiger partial charge in [-0.1, -0.05) is 28.1 Å². The molecule has 1 unspecified atom stereocenters. The van der Waals surface area contributed by atoms with Crippen molar-refractivity contribution in [1.82, 2.24) is 14.7 Å². The molecule has 1 aromatic heterocycles. The first-order valence-electron chi connectivity index (χ1n) is 10.4. The smallest absolute Gasteiger partial charge is 0.219 e. The second-order valence-electron chi connectivity index (χ2n) is 8.27. The highest BCUT2D eigenvalue weighted by Crippen LogP contribution is 2.42. The maximum atomic E-state index is 14.3. The molecule has 0 saturated carbocycles. The first kappa shape index (κ1) is 20.9. The maximum absolute atomic E-state index is 14.3. The Morgan fingerprint density at radius 1 is 1.31 bits per heavy atom. The lowest BCUT2D eigenvalue weighted by Gasteiger charge is -2.28. The number of benzene rings is 2. The van der Waals surface area contributed by atoms with Crippen molar-refractivity contribution < 1.29 is 14.3 Å². The Balaban J connectivity index is 1.70. The van der Waals surface area contributed by atoms with E-state index in [4.69, 9.17) is 5.10 Å². The fraction of sp³-hybridized carbons (Fsp3) is 0.292. The van der Waals surface area contributed by atoms with Crippen LogP contribution in [0.4, 0.5) is 4.39 Å². The zero-order valence-corrected chi connectivity index (χ0v) is 18.9. The van der Waals surface area contributed by atoms with Gasteiger partial charge in [0.25, 0.3) is 0 Å². The molecule has 0 radical (unpaired) electrons. The summed E-state index contributed by atoms with van der Waals surface area (Å²) in [7, 11) is 0. The van der Waals surface area contributed by atoms with Crippen molar-refractivity contribution in [3.05, 3.63) is 74.6 Å². The molecular weight excluding hydrogens is 475 g/mol. The molecule has 1 N–H and O–H groups in total. The fourth-order valence-electron chi connectivity index (χ4n) is 4.84. The molecular formula is C24H20BrFN4O2. The largest absolute Gasteiger partial charge is 0.390 e. The normalized spacial score (nSPS) is 19.4. The Morgan fingerprint density at radius 2 is 2.12 bits per heavy atom. The fourth-order valence-corrected chi connectivity index (χ4v) is 5.45. The number of carbonyl (C=O) groups is 1. The van der Waals surface area contributed by atoms with Gasteiger partial charge in [0.1, 0.15) is 11.9 Å². The highest BCUT2D eigenvalue weighted by Gasteiger charge is 2.38. The molecule has 32 heavy (non-hydrogen) atoms. The lowest BCUT2D eigenvalue weighted by Crippen LogP contribution is -2.35. The van der Waals surface area contributed by atoms with E-state index in [-0.39, 0.29) is 11.7 Å². The molecule has 2 aliphatic rings. The Bertz CT molecular complexity index is 1300. The summed E-state index contributed by atoms with van der Waals surface area (Å²) in [4.78, 5) is 13.8. The molecule has 0 bridgehead atoms. The van der Waals surface area contributed by atoms with Crippen molar-refractivity contribution in [1.29, 1.82) is 5.26 Å². The minimum atomic E-state index is -0.753. The summed E-state index contributed by atoms with van der Waals surface area (Å²) in [6.07, 6.45) is 0.222. The summed E-state index contributed by atoms with van der Waals surface area (Å²) in [5.74, 6) is -0.391. The Labute approximate surface area is 193 Å². The Morgan fingerprint density at radius 3 is 2.88 bits per heavy atom. The lowest BCUT2D eigenvalue weighted by atomic mass is 9.99. The molecule has 0 saturated heterocycles. The van der Waals surface area contributed by atoms with Crippen LogP contribution in [-0.2, 0) is 24.2 Å². The molecule has 0 fully saturated rings. The first-order chi connectivity index (χ1) is 15.4. The minimum absolute atomic E-state index is 0.0163. The van der Waals surface area contributed by atoms with Crippen molar-refractivity contribution in [3.8, 4) is 17.3 Å². The zero-order chi connectivity index (χ0) is 22.6. The van der Waals surface area contributed by atoms with Crippen LogP contribution in [0.1, 0.15) is 40.9 Å². The van der Waals surface area contributed by atoms with E-state index in [0.29, 0.717) is 47.2 Å². The number of carbonyl (C=O) groups excluding carboxylic acids is 1. The number of nitrogens with zero attached hydrogens (tertiary/aromatic N) is 4. The highest BCUT2D eigenvalue weighted by atomic mass is 79.9. The third kappa shape index (κ3) is 3.33. The molecule has 5 rings (SSSR count). The number of nitriles is 1. The van der Waals surface area contributed by atoms with E-state index in [0.717, 1.165) is 22.4 Å². The monoisotopic (exact) mass is 494 g/mol. The summed E-state index contributed by atoms with van der Waals surface area (Å²) in [6, 6.07) is 11.7. The second kappa shape index (κ2) is 7.84. The van der Waals surface area contributed by atoms with Crippen LogP contribution in [0.25, 0.3) is 11.3 Å². The van der Waals surface area contributed by atoms with Gasteiger partial charge < -0.3 is 10.0 Å². The van der Waals surface area contributed by atoms with Crippen molar-refractivity contribution in [3.63, 3.8) is 0 Å². The number of hydrogen-bond acceptors (Lipinski definition) is 4. The third-order valence-electron chi connectivity index (χ3n) is 6.35. The number of aliphatic hydroxyl groups excluding tert-OH is 1. The Hall–Kier alpha value is -3.02. The number of fused-ring (bicyclic) bond motifs is 2. The predicted octanol–water partition coefficient (Wildman–Crippen LogP) is 3.73. The van der Waals surface area contributed by atoms with Crippen LogP contribution in [0.3, 0.4) is 0 Å². The molecule has 6 nitrogen and oxygen atoms in total. The highest BCUT2D eigenvalue weighted by molar-refractivity contribution is 9.10. The SMILES string of the molecule is CC(=O)N1CCc2c(c(-c3cccc(C#N)c3)nn2C2c3cc(F)cc(Br)c3C[C@H]2O)C1. The van der Waals surface area contributed by atoms with Gasteiger partial charge in [-0.25, -0.2) is 4.39 Å². The van der Waals surface area contributed by atoms with Gasteiger partial charge in [0.2, 0.25) is 5.91 Å². The van der Waals surface area contributed by atoms with Crippen LogP contribution in [0.2, 0.25) is 0 Å². The van der Waals surface area contributed by atoms with E-state index in [9.17, 15) is 19.6 Å². The maximum Gasteiger partial charge on any atom is 0.219 e. The van der Waals surface area contributed by atoms with Crippen LogP contribution in [-0.4, -0.2) is 38.3 Å². The average Bonchev–Trinajstić information content (AvgIpc) is 3.30. The number of amides is 1. The van der Waals surface area contributed by atoms with E-state index in [1.165, 1.54) is 12.1 Å². The molecule has 2 atom stereocenters. The van der Waals surface area contributed by atoms with Gasteiger partial charge in [-0.3, -0.25) is 9.48 Å². The van der Waals surface area contributed by atoms with Gasteiger partial charge >= 0.3 is 0 Å². The zero-order valence-electron chi connectivity index (χ0n) is 17.3. The number of halogens is 2. The van der Waals surface area contributed by atoms with Crippen LogP contribution in [0, 0.1) is 17.1 Å². The van der Waals surface area contributed by atoms with Gasteiger partial charge in [-0.2, -0.15) is 10.4 Å². The quantitative estimate of drug-likeness (QED) is 0.588. The van der Waals surface area contributed by atoms with Crippen LogP contribution < -0.4 is 0 Å². The summed E-state index contributed by atoms with van der Waals surface area (Å²) >= 11 is 3.43. The number of aromatic nitrogens is 2. The summed E-state index contributed by atoms with van der Waals surface area (Å²) in [6.45, 7) is 2.50. The molecule has 1 aliphatic heterocycles. The topological polar surface area (TPSA) is 82.2 Å². The second-order valence-corrected chi connectivity index (χ2v) is 9.13. The molecule has 162 valence electrons. The minimum Gasteiger partial charge on any atom is -0.390 e.